The quantitative estimate of drug-likeness (QED) is 0.890. The standard InChI is InChI=1S/C17H17N5O2/c1-11(23)21(2)12-3-5-13(6-4-12)22-17(19)15(9-18)14-7-8-24-10-16(14)20-22/h3-7H,8,10,19H2,1-2H3. The molecule has 2 aliphatic rings. The van der Waals surface area contributed by atoms with Crippen LogP contribution in [0.5, 0.6) is 0 Å². The van der Waals surface area contributed by atoms with Gasteiger partial charge in [0.25, 0.3) is 0 Å². The Hall–Kier alpha value is -3.11. The van der Waals surface area contributed by atoms with Crippen molar-refractivity contribution in [1.82, 2.24) is 0 Å². The van der Waals surface area contributed by atoms with Crippen LogP contribution in [0.3, 0.4) is 0 Å². The molecule has 2 aliphatic heterocycles. The number of ether oxygens (including phenoxy) is 1. The zero-order valence-corrected chi connectivity index (χ0v) is 13.5. The summed E-state index contributed by atoms with van der Waals surface area (Å²) < 4.78 is 5.38. The van der Waals surface area contributed by atoms with Gasteiger partial charge < -0.3 is 15.4 Å². The Balaban J connectivity index is 1.99. The summed E-state index contributed by atoms with van der Waals surface area (Å²) in [5.74, 6) is 0.225. The van der Waals surface area contributed by atoms with Crippen molar-refractivity contribution in [2.75, 3.05) is 30.2 Å². The summed E-state index contributed by atoms with van der Waals surface area (Å²) in [6.07, 6.45) is 1.82. The van der Waals surface area contributed by atoms with Gasteiger partial charge in [-0.1, -0.05) is 0 Å². The van der Waals surface area contributed by atoms with Gasteiger partial charge in [0.2, 0.25) is 5.91 Å². The second-order valence-electron chi connectivity index (χ2n) is 5.46. The molecule has 3 rings (SSSR count). The summed E-state index contributed by atoms with van der Waals surface area (Å²) in [5, 5.41) is 15.5. The van der Waals surface area contributed by atoms with Gasteiger partial charge in [0.05, 0.1) is 24.6 Å². The molecule has 0 atom stereocenters. The third-order valence-electron chi connectivity index (χ3n) is 4.00. The third-order valence-corrected chi connectivity index (χ3v) is 4.00. The first-order valence-electron chi connectivity index (χ1n) is 7.43. The normalized spacial score (nSPS) is 16.8. The highest BCUT2D eigenvalue weighted by molar-refractivity contribution is 6.08. The number of nitriles is 1. The van der Waals surface area contributed by atoms with Crippen molar-refractivity contribution in [1.29, 1.82) is 5.26 Å². The Kier molecular flexibility index (Phi) is 4.06. The molecule has 7 heteroatoms. The molecule has 0 fully saturated rings. The average molecular weight is 323 g/mol. The molecular weight excluding hydrogens is 306 g/mol. The van der Waals surface area contributed by atoms with Crippen LogP contribution in [0.1, 0.15) is 6.92 Å². The van der Waals surface area contributed by atoms with Crippen LogP contribution in [0.4, 0.5) is 11.4 Å². The van der Waals surface area contributed by atoms with Gasteiger partial charge in [-0.15, -0.1) is 0 Å². The van der Waals surface area contributed by atoms with Gasteiger partial charge in [-0.2, -0.15) is 10.4 Å². The van der Waals surface area contributed by atoms with Gasteiger partial charge in [-0.05, 0) is 30.3 Å². The molecule has 1 amide bonds. The monoisotopic (exact) mass is 323 g/mol. The van der Waals surface area contributed by atoms with Crippen molar-refractivity contribution in [2.45, 2.75) is 6.92 Å². The Morgan fingerprint density at radius 3 is 2.75 bits per heavy atom. The van der Waals surface area contributed by atoms with E-state index in [0.29, 0.717) is 30.2 Å². The molecule has 0 aliphatic carbocycles. The van der Waals surface area contributed by atoms with Crippen molar-refractivity contribution in [3.63, 3.8) is 0 Å². The summed E-state index contributed by atoms with van der Waals surface area (Å²) in [6, 6.07) is 9.37. The van der Waals surface area contributed by atoms with E-state index < -0.39 is 0 Å². The molecule has 0 spiro atoms. The average Bonchev–Trinajstić information content (AvgIpc) is 2.60. The molecule has 0 saturated heterocycles. The van der Waals surface area contributed by atoms with Crippen molar-refractivity contribution in [3.05, 3.63) is 47.3 Å². The fourth-order valence-electron chi connectivity index (χ4n) is 2.55. The molecule has 0 saturated carbocycles. The fourth-order valence-corrected chi connectivity index (χ4v) is 2.55. The van der Waals surface area contributed by atoms with Crippen LogP contribution >= 0.6 is 0 Å². The number of hydrogen-bond acceptors (Lipinski definition) is 6. The van der Waals surface area contributed by atoms with E-state index in [0.717, 1.165) is 11.3 Å². The summed E-state index contributed by atoms with van der Waals surface area (Å²) in [5.41, 5.74) is 9.43. The number of carbonyl (C=O) groups excluding carboxylic acids is 1. The van der Waals surface area contributed by atoms with Gasteiger partial charge in [0.15, 0.2) is 0 Å². The zero-order chi connectivity index (χ0) is 17.3. The highest BCUT2D eigenvalue weighted by Gasteiger charge is 2.27. The molecular formula is C17H17N5O2. The van der Waals surface area contributed by atoms with E-state index in [4.69, 9.17) is 10.5 Å². The topological polar surface area (TPSA) is 95.0 Å². The minimum Gasteiger partial charge on any atom is -0.383 e. The van der Waals surface area contributed by atoms with E-state index in [2.05, 4.69) is 11.2 Å². The van der Waals surface area contributed by atoms with E-state index in [9.17, 15) is 10.1 Å². The molecule has 1 aromatic carbocycles. The first-order chi connectivity index (χ1) is 11.5. The minimum absolute atomic E-state index is 0.0544. The zero-order valence-electron chi connectivity index (χ0n) is 13.5. The number of fused-ring (bicyclic) bond motifs is 1. The summed E-state index contributed by atoms with van der Waals surface area (Å²) in [6.45, 7) is 2.28. The molecule has 122 valence electrons. The lowest BCUT2D eigenvalue weighted by Crippen LogP contribution is -2.34. The maximum absolute atomic E-state index is 11.4. The molecule has 2 heterocycles. The van der Waals surface area contributed by atoms with Crippen LogP contribution in [-0.4, -0.2) is 31.9 Å². The first kappa shape index (κ1) is 15.8. The van der Waals surface area contributed by atoms with Gasteiger partial charge in [-0.3, -0.25) is 4.79 Å². The second kappa shape index (κ2) is 6.18. The van der Waals surface area contributed by atoms with Crippen LogP contribution < -0.4 is 15.6 Å². The van der Waals surface area contributed by atoms with Crippen LogP contribution in [-0.2, 0) is 9.53 Å². The Bertz CT molecular complexity index is 814. The lowest BCUT2D eigenvalue weighted by Gasteiger charge is -2.29. The molecule has 24 heavy (non-hydrogen) atoms. The van der Waals surface area contributed by atoms with Gasteiger partial charge in [0.1, 0.15) is 17.5 Å². The maximum Gasteiger partial charge on any atom is 0.223 e. The number of allylic oxidation sites excluding steroid dienone is 1. The summed E-state index contributed by atoms with van der Waals surface area (Å²) in [7, 11) is 1.71. The molecule has 7 nitrogen and oxygen atoms in total. The van der Waals surface area contributed by atoms with E-state index in [1.165, 1.54) is 11.9 Å². The third kappa shape index (κ3) is 2.64. The van der Waals surface area contributed by atoms with E-state index in [1.54, 1.807) is 36.2 Å². The molecule has 0 unspecified atom stereocenters. The lowest BCUT2D eigenvalue weighted by atomic mass is 9.99. The van der Waals surface area contributed by atoms with Gasteiger partial charge in [0, 0.05) is 25.2 Å². The number of nitrogens with zero attached hydrogens (tertiary/aromatic N) is 4. The smallest absolute Gasteiger partial charge is 0.223 e. The minimum atomic E-state index is -0.0544. The Morgan fingerprint density at radius 1 is 1.42 bits per heavy atom. The van der Waals surface area contributed by atoms with E-state index in [1.807, 2.05) is 6.08 Å². The van der Waals surface area contributed by atoms with Crippen LogP contribution in [0, 0.1) is 11.3 Å². The maximum atomic E-state index is 11.4. The van der Waals surface area contributed by atoms with Crippen LogP contribution in [0.15, 0.2) is 52.4 Å². The molecule has 1 aromatic rings. The van der Waals surface area contributed by atoms with Crippen LogP contribution in [0.25, 0.3) is 0 Å². The van der Waals surface area contributed by atoms with E-state index >= 15 is 0 Å². The van der Waals surface area contributed by atoms with Gasteiger partial charge >= 0.3 is 0 Å². The summed E-state index contributed by atoms with van der Waals surface area (Å²) in [4.78, 5) is 13.0. The van der Waals surface area contributed by atoms with Crippen molar-refractivity contribution in [2.24, 2.45) is 10.8 Å². The molecule has 0 aromatic heterocycles. The van der Waals surface area contributed by atoms with Gasteiger partial charge in [-0.25, -0.2) is 5.01 Å². The highest BCUT2D eigenvalue weighted by atomic mass is 16.5. The largest absolute Gasteiger partial charge is 0.383 e. The molecule has 2 N–H and O–H groups in total. The number of nitrogens with two attached hydrogens (primary N) is 1. The number of anilines is 2. The second-order valence-corrected chi connectivity index (χ2v) is 5.46. The SMILES string of the molecule is CC(=O)N(C)c1ccc(N2N=C3COCC=C3C(C#N)=C2N)cc1. The Labute approximate surface area is 139 Å². The number of amides is 1. The van der Waals surface area contributed by atoms with E-state index in [-0.39, 0.29) is 11.7 Å². The first-order valence-corrected chi connectivity index (χ1v) is 7.43. The van der Waals surface area contributed by atoms with Crippen molar-refractivity contribution < 1.29 is 9.53 Å². The van der Waals surface area contributed by atoms with Crippen molar-refractivity contribution >= 4 is 23.0 Å². The number of hydrazone groups is 1. The highest BCUT2D eigenvalue weighted by Crippen LogP contribution is 2.30. The molecule has 0 bridgehead atoms. The van der Waals surface area contributed by atoms with Crippen LogP contribution in [0.2, 0.25) is 0 Å². The predicted molar refractivity (Wildman–Crippen MR) is 91.2 cm³/mol. The number of hydrogen-bond donors (Lipinski definition) is 1. The fraction of sp³-hybridized carbons (Fsp3) is 0.235. The number of carbonyl (C=O) groups is 1. The lowest BCUT2D eigenvalue weighted by molar-refractivity contribution is -0.116. The number of rotatable bonds is 2. The number of benzene rings is 1. The predicted octanol–water partition coefficient (Wildman–Crippen LogP) is 1.50. The molecule has 0 radical (unpaired) electrons. The Morgan fingerprint density at radius 2 is 2.12 bits per heavy atom. The summed E-state index contributed by atoms with van der Waals surface area (Å²) >= 11 is 0. The van der Waals surface area contributed by atoms with Crippen molar-refractivity contribution in [3.8, 4) is 6.07 Å².